The van der Waals surface area contributed by atoms with E-state index in [9.17, 15) is 4.79 Å². The molecule has 0 heterocycles. The van der Waals surface area contributed by atoms with Crippen molar-refractivity contribution in [2.45, 2.75) is 144 Å². The van der Waals surface area contributed by atoms with Gasteiger partial charge in [-0.3, -0.25) is 4.79 Å². The lowest BCUT2D eigenvalue weighted by atomic mass is 10.0. The van der Waals surface area contributed by atoms with Crippen LogP contribution in [0.3, 0.4) is 0 Å². The molecule has 0 aliphatic heterocycles. The van der Waals surface area contributed by atoms with Gasteiger partial charge in [-0.05, 0) is 18.3 Å². The molecule has 0 aliphatic rings. The molecule has 3 heteroatoms. The minimum atomic E-state index is 0.225. The second-order valence-electron chi connectivity index (χ2n) is 11.0. The van der Waals surface area contributed by atoms with Crippen molar-refractivity contribution in [3.05, 3.63) is 0 Å². The average Bonchev–Trinajstić information content (AvgIpc) is 2.73. The van der Waals surface area contributed by atoms with Crippen molar-refractivity contribution in [2.24, 2.45) is 11.8 Å². The summed E-state index contributed by atoms with van der Waals surface area (Å²) in [5.74, 6) is 1.53. The third-order valence-electron chi connectivity index (χ3n) is 6.25. The molecule has 0 saturated carbocycles. The molecular weight excluding hydrogens is 392 g/mol. The van der Waals surface area contributed by atoms with Crippen LogP contribution in [-0.4, -0.2) is 37.0 Å². The van der Waals surface area contributed by atoms with Crippen molar-refractivity contribution in [1.29, 1.82) is 0 Å². The van der Waals surface area contributed by atoms with Gasteiger partial charge in [0.25, 0.3) is 0 Å². The maximum Gasteiger partial charge on any atom is 0.221 e. The van der Waals surface area contributed by atoms with Crippen molar-refractivity contribution in [3.8, 4) is 0 Å². The number of hydrogen-bond donors (Lipinski definition) is 1. The van der Waals surface area contributed by atoms with Gasteiger partial charge >= 0.3 is 0 Å². The third-order valence-corrected chi connectivity index (χ3v) is 6.25. The van der Waals surface area contributed by atoms with Gasteiger partial charge in [0, 0.05) is 32.6 Å². The van der Waals surface area contributed by atoms with Crippen LogP contribution in [0.15, 0.2) is 0 Å². The van der Waals surface area contributed by atoms with Crippen LogP contribution in [0.25, 0.3) is 0 Å². The van der Waals surface area contributed by atoms with Gasteiger partial charge < -0.3 is 10.2 Å². The predicted octanol–water partition coefficient (Wildman–Crippen LogP) is 8.37. The highest BCUT2D eigenvalue weighted by molar-refractivity contribution is 5.75. The Morgan fingerprint density at radius 3 is 1.38 bits per heavy atom. The van der Waals surface area contributed by atoms with Crippen LogP contribution in [0.1, 0.15) is 144 Å². The van der Waals surface area contributed by atoms with Gasteiger partial charge in [0.2, 0.25) is 5.91 Å². The largest absolute Gasteiger partial charge is 0.356 e. The number of nitrogens with one attached hydrogen (secondary N) is 1. The second-order valence-corrected chi connectivity index (χ2v) is 11.0. The quantitative estimate of drug-likeness (QED) is 0.149. The van der Waals surface area contributed by atoms with Crippen molar-refractivity contribution < 1.29 is 4.79 Å². The molecular formula is C29H60N2O. The maximum atomic E-state index is 12.1. The zero-order valence-electron chi connectivity index (χ0n) is 22.9. The lowest BCUT2D eigenvalue weighted by molar-refractivity contribution is -0.121. The van der Waals surface area contributed by atoms with E-state index in [1.807, 2.05) is 0 Å². The first-order valence-electron chi connectivity index (χ1n) is 14.4. The number of rotatable bonds is 24. The van der Waals surface area contributed by atoms with Gasteiger partial charge in [0.05, 0.1) is 0 Å². The van der Waals surface area contributed by atoms with Crippen LogP contribution in [0.5, 0.6) is 0 Å². The van der Waals surface area contributed by atoms with E-state index < -0.39 is 0 Å². The summed E-state index contributed by atoms with van der Waals surface area (Å²) in [6.45, 7) is 15.2. The number of unbranched alkanes of at least 4 members (excludes halogenated alkanes) is 15. The Kier molecular flexibility index (Phi) is 23.2. The minimum absolute atomic E-state index is 0.225. The number of hydrogen-bond acceptors (Lipinski definition) is 2. The van der Waals surface area contributed by atoms with Crippen molar-refractivity contribution in [2.75, 3.05) is 26.2 Å². The van der Waals surface area contributed by atoms with Gasteiger partial charge in [-0.1, -0.05) is 131 Å². The normalized spacial score (nSPS) is 11.8. The van der Waals surface area contributed by atoms with Crippen LogP contribution in [-0.2, 0) is 4.79 Å². The molecule has 0 rings (SSSR count). The highest BCUT2D eigenvalue weighted by Gasteiger charge is 2.11. The lowest BCUT2D eigenvalue weighted by Crippen LogP contribution is -2.35. The van der Waals surface area contributed by atoms with Gasteiger partial charge in [0.15, 0.2) is 0 Å². The fraction of sp³-hybridized carbons (Fsp3) is 0.966. The number of carbonyl (C=O) groups excluding carboxylic acids is 1. The molecule has 1 amide bonds. The summed E-state index contributed by atoms with van der Waals surface area (Å²) < 4.78 is 0. The van der Waals surface area contributed by atoms with Gasteiger partial charge in [-0.25, -0.2) is 0 Å². The number of nitrogens with zero attached hydrogens (tertiary/aromatic N) is 1. The fourth-order valence-corrected chi connectivity index (χ4v) is 4.54. The molecule has 0 fully saturated rings. The van der Waals surface area contributed by atoms with E-state index in [1.54, 1.807) is 0 Å². The monoisotopic (exact) mass is 452 g/mol. The predicted molar refractivity (Wildman–Crippen MR) is 143 cm³/mol. The zero-order chi connectivity index (χ0) is 23.9. The summed E-state index contributed by atoms with van der Waals surface area (Å²) >= 11 is 0. The summed E-state index contributed by atoms with van der Waals surface area (Å²) in [6.07, 6.45) is 22.9. The van der Waals surface area contributed by atoms with Gasteiger partial charge in [0.1, 0.15) is 0 Å². The average molecular weight is 453 g/mol. The molecule has 0 saturated heterocycles. The minimum Gasteiger partial charge on any atom is -0.356 e. The van der Waals surface area contributed by atoms with E-state index in [2.05, 4.69) is 44.8 Å². The Labute approximate surface area is 202 Å². The first-order valence-corrected chi connectivity index (χ1v) is 14.4. The standard InChI is InChI=1S/C29H60N2O/c1-6-7-8-9-10-11-12-13-14-15-16-17-18-19-20-21-23-30-29(32)22-24-31(25-27(2)3)26-28(4)5/h27-28H,6-26H2,1-5H3,(H,30,32). The van der Waals surface area contributed by atoms with Crippen LogP contribution in [0.2, 0.25) is 0 Å². The summed E-state index contributed by atoms with van der Waals surface area (Å²) in [4.78, 5) is 14.6. The Hall–Kier alpha value is -0.570. The molecule has 0 spiro atoms. The summed E-state index contributed by atoms with van der Waals surface area (Å²) in [5.41, 5.74) is 0. The second kappa shape index (κ2) is 23.6. The topological polar surface area (TPSA) is 32.3 Å². The van der Waals surface area contributed by atoms with E-state index >= 15 is 0 Å². The van der Waals surface area contributed by atoms with Crippen molar-refractivity contribution in [1.82, 2.24) is 10.2 Å². The molecule has 0 aromatic rings. The van der Waals surface area contributed by atoms with E-state index in [4.69, 9.17) is 0 Å². The molecule has 3 nitrogen and oxygen atoms in total. The first-order chi connectivity index (χ1) is 15.5. The fourth-order valence-electron chi connectivity index (χ4n) is 4.54. The number of amides is 1. The molecule has 0 aliphatic carbocycles. The molecule has 32 heavy (non-hydrogen) atoms. The van der Waals surface area contributed by atoms with E-state index in [1.165, 1.54) is 96.3 Å². The van der Waals surface area contributed by atoms with Gasteiger partial charge in [-0.15, -0.1) is 0 Å². The van der Waals surface area contributed by atoms with Crippen molar-refractivity contribution >= 4 is 5.91 Å². The van der Waals surface area contributed by atoms with E-state index in [0.717, 1.165) is 32.6 Å². The Bertz CT molecular complexity index is 385. The Morgan fingerprint density at radius 1 is 0.625 bits per heavy atom. The molecule has 192 valence electrons. The molecule has 0 aromatic carbocycles. The van der Waals surface area contributed by atoms with E-state index in [0.29, 0.717) is 18.3 Å². The molecule has 0 unspecified atom stereocenters. The van der Waals surface area contributed by atoms with Crippen LogP contribution in [0, 0.1) is 11.8 Å². The highest BCUT2D eigenvalue weighted by Crippen LogP contribution is 2.13. The lowest BCUT2D eigenvalue weighted by Gasteiger charge is -2.25. The SMILES string of the molecule is CCCCCCCCCCCCCCCCCCNC(=O)CCN(CC(C)C)CC(C)C. The summed E-state index contributed by atoms with van der Waals surface area (Å²) in [5, 5.41) is 3.13. The van der Waals surface area contributed by atoms with Crippen LogP contribution < -0.4 is 5.32 Å². The summed E-state index contributed by atoms with van der Waals surface area (Å²) in [7, 11) is 0. The maximum absolute atomic E-state index is 12.1. The first kappa shape index (κ1) is 31.4. The third kappa shape index (κ3) is 24.1. The molecule has 1 N–H and O–H groups in total. The van der Waals surface area contributed by atoms with Crippen LogP contribution in [0.4, 0.5) is 0 Å². The smallest absolute Gasteiger partial charge is 0.221 e. The van der Waals surface area contributed by atoms with Crippen molar-refractivity contribution in [3.63, 3.8) is 0 Å². The summed E-state index contributed by atoms with van der Waals surface area (Å²) in [6, 6.07) is 0. The molecule has 0 aromatic heterocycles. The highest BCUT2D eigenvalue weighted by atomic mass is 16.1. The van der Waals surface area contributed by atoms with E-state index in [-0.39, 0.29) is 5.91 Å². The Morgan fingerprint density at radius 2 is 1.00 bits per heavy atom. The zero-order valence-corrected chi connectivity index (χ0v) is 22.9. The molecule has 0 radical (unpaired) electrons. The van der Waals surface area contributed by atoms with Gasteiger partial charge in [-0.2, -0.15) is 0 Å². The molecule has 0 bridgehead atoms. The van der Waals surface area contributed by atoms with Crippen LogP contribution >= 0.6 is 0 Å². The number of carbonyl (C=O) groups is 1. The Balaban J connectivity index is 3.39. The molecule has 0 atom stereocenters.